The van der Waals surface area contributed by atoms with Crippen molar-refractivity contribution in [3.8, 4) is 0 Å². The van der Waals surface area contributed by atoms with Crippen LogP contribution in [-0.2, 0) is 47.7 Å². The number of carbonyl (C=O) groups is 6. The second-order valence-electron chi connectivity index (χ2n) is 20.8. The fourth-order valence-corrected chi connectivity index (χ4v) is 10.5. The lowest BCUT2D eigenvalue weighted by Crippen LogP contribution is -2.61. The number of methoxy groups -OCH3 is 2. The third-order valence-corrected chi connectivity index (χ3v) is 15.1. The van der Waals surface area contributed by atoms with Crippen LogP contribution in [0.3, 0.4) is 0 Å². The molecule has 1 saturated carbocycles. The number of aliphatic hydroxyl groups excluding tert-OH is 2. The molecule has 17 nitrogen and oxygen atoms in total. The number of Topliss-reactive ketones (excluding diaryl/α,β-unsaturated/α-hetero) is 3. The number of amides is 2. The number of aliphatic hydroxyl groups is 3. The van der Waals surface area contributed by atoms with Crippen molar-refractivity contribution in [2.75, 3.05) is 27.4 Å². The topological polar surface area (TPSA) is 236 Å². The van der Waals surface area contributed by atoms with Crippen LogP contribution < -0.4 is 0 Å². The Bertz CT molecular complexity index is 1950. The molecule has 2 amide bonds. The van der Waals surface area contributed by atoms with Gasteiger partial charge in [-0.3, -0.25) is 24.4 Å². The molecule has 4 aliphatic rings. The fourth-order valence-electron chi connectivity index (χ4n) is 10.5. The molecule has 3 heterocycles. The van der Waals surface area contributed by atoms with Gasteiger partial charge in [0.2, 0.25) is 5.79 Å². The van der Waals surface area contributed by atoms with Crippen molar-refractivity contribution in [1.29, 1.82) is 0 Å². The highest BCUT2D eigenvalue weighted by molar-refractivity contribution is 6.39. The predicted molar refractivity (Wildman–Crippen MR) is 263 cm³/mol. The van der Waals surface area contributed by atoms with Crippen molar-refractivity contribution in [2.24, 2.45) is 35.5 Å². The van der Waals surface area contributed by atoms with E-state index in [0.29, 0.717) is 74.0 Å². The molecule has 0 unspecified atom stereocenters. The number of piperidine rings is 1. The van der Waals surface area contributed by atoms with Gasteiger partial charge in [-0.05, 0) is 113 Å². The minimum absolute atomic E-state index is 0.0143. The largest absolute Gasteiger partial charge is 0.460 e. The molecule has 3 aliphatic heterocycles. The van der Waals surface area contributed by atoms with Crippen molar-refractivity contribution in [3.05, 3.63) is 47.6 Å². The maximum absolute atomic E-state index is 14.5. The van der Waals surface area contributed by atoms with Crippen molar-refractivity contribution in [3.63, 3.8) is 0 Å². The number of nitrogens with zero attached hydrogens (tertiary/aromatic N) is 2. The van der Waals surface area contributed by atoms with Crippen LogP contribution in [0.2, 0.25) is 0 Å². The summed E-state index contributed by atoms with van der Waals surface area (Å²) in [7, 11) is 2.90. The van der Waals surface area contributed by atoms with E-state index >= 15 is 0 Å². The first-order chi connectivity index (χ1) is 33.6. The number of carbonyl (C=O) groups excluding carboxylic acids is 6. The first kappa shape index (κ1) is 59.5. The third kappa shape index (κ3) is 15.9. The van der Waals surface area contributed by atoms with E-state index in [2.05, 4.69) is 0 Å². The van der Waals surface area contributed by atoms with Crippen molar-refractivity contribution >= 4 is 35.3 Å². The quantitative estimate of drug-likeness (QED) is 0.0646. The maximum atomic E-state index is 14.5. The lowest BCUT2D eigenvalue weighted by Gasteiger charge is -2.43. The van der Waals surface area contributed by atoms with Gasteiger partial charge in [0.05, 0.1) is 31.0 Å². The van der Waals surface area contributed by atoms with Crippen LogP contribution in [0.5, 0.6) is 0 Å². The Morgan fingerprint density at radius 3 is 2.31 bits per heavy atom. The zero-order valence-corrected chi connectivity index (χ0v) is 43.8. The van der Waals surface area contributed by atoms with Crippen LogP contribution in [0, 0.1) is 35.5 Å². The Morgan fingerprint density at radius 1 is 0.915 bits per heavy atom. The predicted octanol–water partition coefficient (Wildman–Crippen LogP) is 6.77. The summed E-state index contributed by atoms with van der Waals surface area (Å²) in [6.45, 7) is 14.1. The average Bonchev–Trinajstić information content (AvgIpc) is 3.34. The van der Waals surface area contributed by atoms with Crippen molar-refractivity contribution in [2.45, 2.75) is 193 Å². The Labute approximate surface area is 420 Å². The Hall–Kier alpha value is -4.10. The number of allylic oxidation sites excluding steroid dienone is 6. The normalized spacial score (nSPS) is 37.9. The molecule has 2 bridgehead atoms. The van der Waals surface area contributed by atoms with E-state index in [0.717, 1.165) is 4.90 Å². The van der Waals surface area contributed by atoms with E-state index in [1.165, 1.54) is 7.11 Å². The van der Waals surface area contributed by atoms with Crippen molar-refractivity contribution in [1.82, 2.24) is 9.96 Å². The molecule has 15 atom stereocenters. The number of hydrogen-bond acceptors (Lipinski definition) is 15. The summed E-state index contributed by atoms with van der Waals surface area (Å²) < 4.78 is 28.8. The van der Waals surface area contributed by atoms with E-state index in [-0.39, 0.29) is 74.3 Å². The summed E-state index contributed by atoms with van der Waals surface area (Å²) in [6.07, 6.45) is 8.70. The van der Waals surface area contributed by atoms with Crippen LogP contribution in [0.15, 0.2) is 47.6 Å². The van der Waals surface area contributed by atoms with Gasteiger partial charge in [-0.2, -0.15) is 5.06 Å². The van der Waals surface area contributed by atoms with E-state index in [4.69, 9.17) is 23.7 Å². The molecule has 2 saturated heterocycles. The van der Waals surface area contributed by atoms with Crippen LogP contribution in [0.25, 0.3) is 0 Å². The molecule has 400 valence electrons. The number of ether oxygens (including phenoxy) is 5. The second-order valence-corrected chi connectivity index (χ2v) is 20.8. The monoisotopic (exact) mass is 1000 g/mol. The third-order valence-electron chi connectivity index (χ3n) is 15.1. The number of fused-ring (bicyclic) bond motifs is 3. The Kier molecular flexibility index (Phi) is 23.3. The van der Waals surface area contributed by atoms with Gasteiger partial charge in [-0.15, -0.1) is 0 Å². The van der Waals surface area contributed by atoms with Gasteiger partial charge in [-0.25, -0.2) is 9.59 Å². The number of hydroxylamine groups is 2. The van der Waals surface area contributed by atoms with E-state index < -0.39 is 89.9 Å². The lowest BCUT2D eigenvalue weighted by atomic mass is 9.78. The highest BCUT2D eigenvalue weighted by atomic mass is 16.6. The molecule has 1 aliphatic carbocycles. The molecule has 4 rings (SSSR count). The van der Waals surface area contributed by atoms with Gasteiger partial charge in [0.25, 0.3) is 11.7 Å². The molecule has 0 aromatic rings. The van der Waals surface area contributed by atoms with Gasteiger partial charge in [-0.1, -0.05) is 78.0 Å². The summed E-state index contributed by atoms with van der Waals surface area (Å²) in [6, 6.07) is -2.26. The molecule has 3 fully saturated rings. The second kappa shape index (κ2) is 27.8. The molecule has 0 aromatic heterocycles. The number of esters is 1. The van der Waals surface area contributed by atoms with Crippen LogP contribution in [0.1, 0.15) is 139 Å². The molecule has 17 heteroatoms. The smallest absolute Gasteiger partial charge is 0.434 e. The minimum Gasteiger partial charge on any atom is -0.460 e. The van der Waals surface area contributed by atoms with E-state index in [1.54, 1.807) is 72.1 Å². The Balaban J connectivity index is 1.75. The number of hydrogen-bond donors (Lipinski definition) is 4. The summed E-state index contributed by atoms with van der Waals surface area (Å²) in [5, 5.41) is 45.8. The summed E-state index contributed by atoms with van der Waals surface area (Å²) in [5.74, 6) is -8.92. The first-order valence-electron chi connectivity index (χ1n) is 25.9. The van der Waals surface area contributed by atoms with E-state index in [9.17, 15) is 49.3 Å². The first-order valence-corrected chi connectivity index (χ1v) is 25.9. The number of rotatable bonds is 8. The van der Waals surface area contributed by atoms with Gasteiger partial charge in [0.15, 0.2) is 5.78 Å². The Morgan fingerprint density at radius 2 is 1.63 bits per heavy atom. The maximum Gasteiger partial charge on any atom is 0.434 e. The average molecular weight is 1000 g/mol. The van der Waals surface area contributed by atoms with Crippen molar-refractivity contribution < 1.29 is 73.0 Å². The molecule has 0 spiro atoms. The number of ketones is 3. The molecule has 0 aromatic carbocycles. The molecule has 71 heavy (non-hydrogen) atoms. The van der Waals surface area contributed by atoms with Gasteiger partial charge >= 0.3 is 12.1 Å². The number of cyclic esters (lactones) is 1. The molecule has 4 N–H and O–H groups in total. The van der Waals surface area contributed by atoms with Gasteiger partial charge in [0.1, 0.15) is 30.1 Å². The zero-order valence-electron chi connectivity index (χ0n) is 43.8. The highest BCUT2D eigenvalue weighted by Crippen LogP contribution is 2.38. The highest BCUT2D eigenvalue weighted by Gasteiger charge is 2.53. The lowest BCUT2D eigenvalue weighted by molar-refractivity contribution is -0.266. The van der Waals surface area contributed by atoms with Crippen LogP contribution in [-0.4, -0.2) is 148 Å². The molecule has 0 radical (unpaired) electrons. The van der Waals surface area contributed by atoms with E-state index in [1.807, 2.05) is 26.8 Å². The van der Waals surface area contributed by atoms with Crippen LogP contribution >= 0.6 is 0 Å². The molecular formula is C54H84N2O15. The summed E-state index contributed by atoms with van der Waals surface area (Å²) in [5.41, 5.74) is 0.866. The van der Waals surface area contributed by atoms with Gasteiger partial charge < -0.3 is 43.9 Å². The zero-order chi connectivity index (χ0) is 52.7. The SMILES string of the molecule is CCCOC(=O)N(O)[C@H]1C[C@@H]2CC[C@@H](C)[C@@](O)(O2)C(=O)C(=O)N2CCCC[C@H]2C(=O)O[C@H]([C@H](C)C[C@@H]2CC[C@@H](O)[C@H](OC)C2)CC(=O)[C@H](C)/C=C(\C)[C@@H](O)[C@@H](OC)C(=O)[C@H](C)C[C@H](C)\C=C/C=C/C=C/1C. The summed E-state index contributed by atoms with van der Waals surface area (Å²) in [4.78, 5) is 85.3. The standard InChI is InChI=1S/C54H84N2O15/c1-11-25-69-53(64)56(66)42-30-40-22-20-38(8)54(65,71-40)50(61)51(62)55-24-16-15-19-41(55)52(63)70-45(35(5)28-39-21-23-43(57)46(29-39)67-9)31-44(58)34(4)27-37(7)48(60)49(68-10)47(59)36(6)26-32(2)17-13-12-14-18-33(42)3/h12-14,17-18,27,32,34-36,38-43,45-46,48-49,57,60,65-66H,11,15-16,19-26,28-31H2,1-10H3/b14-12+,17-13-,33-18+,37-27+/t32-,34-,35-,36-,38-,39+,40+,41+,42+,43-,45+,46-,48-,49+,54-/m1/s1. The van der Waals surface area contributed by atoms with Gasteiger partial charge in [0, 0.05) is 51.4 Å². The molecular weight excluding hydrogens is 917 g/mol. The summed E-state index contributed by atoms with van der Waals surface area (Å²) >= 11 is 0. The minimum atomic E-state index is -2.61. The van der Waals surface area contributed by atoms with Crippen LogP contribution in [0.4, 0.5) is 4.79 Å². The fraction of sp³-hybridized carbons (Fsp3) is 0.741.